The molecular weight excluding hydrogens is 450 g/mol. The van der Waals surface area contributed by atoms with E-state index in [9.17, 15) is 21.6 Å². The van der Waals surface area contributed by atoms with Crippen molar-refractivity contribution >= 4 is 46.9 Å². The molecule has 0 bridgehead atoms. The number of hydrogen-bond donors (Lipinski definition) is 0. The zero-order valence-corrected chi connectivity index (χ0v) is 20.7. The molecule has 0 unspecified atom stereocenters. The molecule has 1 saturated heterocycles. The Morgan fingerprint density at radius 2 is 1.58 bits per heavy atom. The largest absolute Gasteiger partial charge is 0.534 e. The topological polar surface area (TPSA) is 66.8 Å². The molecule has 0 saturated carbocycles. The van der Waals surface area contributed by atoms with Gasteiger partial charge in [-0.2, -0.15) is 21.6 Å². The van der Waals surface area contributed by atoms with Crippen LogP contribution in [0, 0.1) is 0 Å². The molecule has 31 heavy (non-hydrogen) atoms. The van der Waals surface area contributed by atoms with E-state index in [0.29, 0.717) is 16.0 Å². The standard InChI is InChI=1S/C19H27BF3NO5SSi/c1-17(2)18(3,4)29-20(28-17)12-11-24(5)13-9-10-14(16(15(12)13)31(6,7)8)27-30(25,26)19(21,22)23/h9-11H,1-8H3. The molecule has 0 radical (unpaired) electrons. The summed E-state index contributed by atoms with van der Waals surface area (Å²) >= 11 is 0. The lowest BCUT2D eigenvalue weighted by Gasteiger charge is -2.32. The highest BCUT2D eigenvalue weighted by Crippen LogP contribution is 2.37. The van der Waals surface area contributed by atoms with Gasteiger partial charge in [0, 0.05) is 29.6 Å². The number of fused-ring (bicyclic) bond motifs is 1. The van der Waals surface area contributed by atoms with Crippen LogP contribution < -0.4 is 14.8 Å². The van der Waals surface area contributed by atoms with Crippen LogP contribution in [-0.2, 0) is 26.5 Å². The van der Waals surface area contributed by atoms with Crippen LogP contribution in [0.15, 0.2) is 18.3 Å². The van der Waals surface area contributed by atoms with Crippen LogP contribution in [0.1, 0.15) is 27.7 Å². The van der Waals surface area contributed by atoms with E-state index in [-0.39, 0.29) is 5.75 Å². The number of alkyl halides is 3. The minimum Gasteiger partial charge on any atom is -0.399 e. The molecule has 0 aliphatic carbocycles. The van der Waals surface area contributed by atoms with Gasteiger partial charge in [0.1, 0.15) is 5.75 Å². The van der Waals surface area contributed by atoms with E-state index < -0.39 is 42.0 Å². The Labute approximate surface area is 181 Å². The maximum Gasteiger partial charge on any atom is 0.534 e. The van der Waals surface area contributed by atoms with Gasteiger partial charge in [0.15, 0.2) is 0 Å². The summed E-state index contributed by atoms with van der Waals surface area (Å²) in [6.45, 7) is 13.4. The second kappa shape index (κ2) is 7.00. The average molecular weight is 477 g/mol. The van der Waals surface area contributed by atoms with Crippen molar-refractivity contribution in [3.63, 3.8) is 0 Å². The van der Waals surface area contributed by atoms with Gasteiger partial charge in [0.2, 0.25) is 0 Å². The Balaban J connectivity index is 2.28. The molecule has 3 rings (SSSR count). The summed E-state index contributed by atoms with van der Waals surface area (Å²) in [7, 11) is -7.20. The van der Waals surface area contributed by atoms with Crippen molar-refractivity contribution < 1.29 is 35.1 Å². The van der Waals surface area contributed by atoms with Gasteiger partial charge in [0.05, 0.1) is 19.3 Å². The first-order chi connectivity index (χ1) is 13.8. The van der Waals surface area contributed by atoms with E-state index in [1.165, 1.54) is 6.07 Å². The molecule has 1 aliphatic heterocycles. The Hall–Kier alpha value is -1.50. The SMILES string of the molecule is Cn1cc(B2OC(C)(C)C(C)(C)O2)c2c([Si](C)(C)C)c(OS(=O)(=O)C(F)(F)F)ccc21. The Morgan fingerprint density at radius 1 is 1.06 bits per heavy atom. The van der Waals surface area contributed by atoms with Crippen molar-refractivity contribution in [2.75, 3.05) is 0 Å². The molecule has 0 atom stereocenters. The molecule has 12 heteroatoms. The lowest BCUT2D eigenvalue weighted by molar-refractivity contribution is -0.0499. The number of nitrogens with zero attached hydrogens (tertiary/aromatic N) is 1. The van der Waals surface area contributed by atoms with Crippen molar-refractivity contribution in [3.8, 4) is 5.75 Å². The smallest absolute Gasteiger partial charge is 0.399 e. The lowest BCUT2D eigenvalue weighted by Crippen LogP contribution is -2.44. The fourth-order valence-corrected chi connectivity index (χ4v) is 6.07. The minimum absolute atomic E-state index is 0.312. The maximum atomic E-state index is 13.0. The van der Waals surface area contributed by atoms with Crippen LogP contribution in [0.3, 0.4) is 0 Å². The van der Waals surface area contributed by atoms with Crippen LogP contribution in [0.5, 0.6) is 5.75 Å². The highest BCUT2D eigenvalue weighted by molar-refractivity contribution is 7.88. The van der Waals surface area contributed by atoms with Crippen molar-refractivity contribution in [2.24, 2.45) is 7.05 Å². The molecule has 0 spiro atoms. The van der Waals surface area contributed by atoms with Gasteiger partial charge in [-0.05, 0) is 45.0 Å². The number of benzene rings is 1. The zero-order chi connectivity index (χ0) is 23.8. The third kappa shape index (κ3) is 4.03. The van der Waals surface area contributed by atoms with E-state index in [1.54, 1.807) is 19.3 Å². The second-order valence-corrected chi connectivity index (χ2v) is 16.4. The van der Waals surface area contributed by atoms with Gasteiger partial charge in [-0.1, -0.05) is 19.6 Å². The number of aryl methyl sites for hydroxylation is 1. The summed E-state index contributed by atoms with van der Waals surface area (Å²) in [5.74, 6) is -0.312. The Bertz CT molecular complexity index is 1120. The summed E-state index contributed by atoms with van der Waals surface area (Å²) in [6.07, 6.45) is 1.80. The summed E-state index contributed by atoms with van der Waals surface area (Å²) in [5.41, 5.74) is -5.41. The average Bonchev–Trinajstić information content (AvgIpc) is 2.98. The number of halogens is 3. The minimum atomic E-state index is -5.81. The van der Waals surface area contributed by atoms with E-state index in [1.807, 2.05) is 51.9 Å². The molecule has 172 valence electrons. The second-order valence-electron chi connectivity index (χ2n) is 9.85. The predicted molar refractivity (Wildman–Crippen MR) is 117 cm³/mol. The monoisotopic (exact) mass is 477 g/mol. The molecule has 1 fully saturated rings. The van der Waals surface area contributed by atoms with Crippen molar-refractivity contribution in [1.82, 2.24) is 4.57 Å². The van der Waals surface area contributed by atoms with Crippen molar-refractivity contribution in [3.05, 3.63) is 18.3 Å². The van der Waals surface area contributed by atoms with Crippen LogP contribution in [0.25, 0.3) is 10.9 Å². The van der Waals surface area contributed by atoms with Crippen LogP contribution in [0.2, 0.25) is 19.6 Å². The number of aromatic nitrogens is 1. The highest BCUT2D eigenvalue weighted by Gasteiger charge is 2.53. The molecule has 1 aromatic heterocycles. The molecular formula is C19H27BF3NO5SSi. The molecule has 2 heterocycles. The summed E-state index contributed by atoms with van der Waals surface area (Å²) in [6, 6.07) is 2.84. The number of hydrogen-bond acceptors (Lipinski definition) is 5. The van der Waals surface area contributed by atoms with Crippen molar-refractivity contribution in [2.45, 2.75) is 64.0 Å². The first kappa shape index (κ1) is 24.2. The fraction of sp³-hybridized carbons (Fsp3) is 0.579. The predicted octanol–water partition coefficient (Wildman–Crippen LogP) is 3.25. The van der Waals surface area contributed by atoms with Gasteiger partial charge in [-0.15, -0.1) is 0 Å². The lowest BCUT2D eigenvalue weighted by atomic mass is 9.79. The van der Waals surface area contributed by atoms with E-state index >= 15 is 0 Å². The molecule has 2 aromatic rings. The third-order valence-corrected chi connectivity index (χ3v) is 8.85. The van der Waals surface area contributed by atoms with E-state index in [4.69, 9.17) is 9.31 Å². The van der Waals surface area contributed by atoms with Gasteiger partial charge >= 0.3 is 22.7 Å². The fourth-order valence-electron chi connectivity index (χ4n) is 3.63. The first-order valence-electron chi connectivity index (χ1n) is 9.77. The quantitative estimate of drug-likeness (QED) is 0.384. The van der Waals surface area contributed by atoms with Gasteiger partial charge in [0.25, 0.3) is 0 Å². The molecule has 0 N–H and O–H groups in total. The Kier molecular flexibility index (Phi) is 5.45. The first-order valence-corrected chi connectivity index (χ1v) is 14.7. The van der Waals surface area contributed by atoms with Gasteiger partial charge < -0.3 is 18.1 Å². The van der Waals surface area contributed by atoms with Gasteiger partial charge in [-0.3, -0.25) is 0 Å². The molecule has 1 aliphatic rings. The molecule has 6 nitrogen and oxygen atoms in total. The van der Waals surface area contributed by atoms with E-state index in [0.717, 1.165) is 5.52 Å². The van der Waals surface area contributed by atoms with Crippen LogP contribution >= 0.6 is 0 Å². The van der Waals surface area contributed by atoms with Crippen LogP contribution in [0.4, 0.5) is 13.2 Å². The molecule has 1 aromatic carbocycles. The summed E-state index contributed by atoms with van der Waals surface area (Å²) < 4.78 is 81.4. The third-order valence-electron chi connectivity index (χ3n) is 5.89. The normalized spacial score (nSPS) is 19.3. The van der Waals surface area contributed by atoms with Crippen LogP contribution in [-0.4, -0.2) is 44.9 Å². The van der Waals surface area contributed by atoms with Crippen molar-refractivity contribution in [1.29, 1.82) is 0 Å². The van der Waals surface area contributed by atoms with Gasteiger partial charge in [-0.25, -0.2) is 0 Å². The summed E-state index contributed by atoms with van der Waals surface area (Å²) in [4.78, 5) is 0. The highest BCUT2D eigenvalue weighted by atomic mass is 32.2. The zero-order valence-electron chi connectivity index (χ0n) is 18.8. The summed E-state index contributed by atoms with van der Waals surface area (Å²) in [5, 5.41) is 1.07. The molecule has 0 amide bonds. The van der Waals surface area contributed by atoms with E-state index in [2.05, 4.69) is 4.18 Å². The maximum absolute atomic E-state index is 13.0. The number of rotatable bonds is 4. The Morgan fingerprint density at radius 3 is 2.03 bits per heavy atom.